The van der Waals surface area contributed by atoms with Gasteiger partial charge in [-0.1, -0.05) is 31.5 Å². The van der Waals surface area contributed by atoms with E-state index >= 15 is 0 Å². The van der Waals surface area contributed by atoms with Crippen LogP contribution in [0.2, 0.25) is 0 Å². The van der Waals surface area contributed by atoms with Crippen LogP contribution in [0.5, 0.6) is 0 Å². The Morgan fingerprint density at radius 3 is 2.17 bits per heavy atom. The molecule has 0 aliphatic rings. The molecular formula is C17H29N. The third kappa shape index (κ3) is 4.45. The van der Waals surface area contributed by atoms with Gasteiger partial charge in [0.2, 0.25) is 0 Å². The highest BCUT2D eigenvalue weighted by Crippen LogP contribution is 2.19. The summed E-state index contributed by atoms with van der Waals surface area (Å²) in [6, 6.07) is 5.29. The summed E-state index contributed by atoms with van der Waals surface area (Å²) in [7, 11) is 0. The Balaban J connectivity index is 2.62. The molecular weight excluding hydrogens is 218 g/mol. The molecule has 1 aromatic carbocycles. The molecule has 1 N–H and O–H groups in total. The van der Waals surface area contributed by atoms with E-state index in [1.165, 1.54) is 42.4 Å². The molecule has 1 atom stereocenters. The lowest BCUT2D eigenvalue weighted by atomic mass is 9.94. The van der Waals surface area contributed by atoms with Crippen molar-refractivity contribution in [3.05, 3.63) is 34.4 Å². The second kappa shape index (κ2) is 7.58. The molecule has 0 radical (unpaired) electrons. The van der Waals surface area contributed by atoms with Gasteiger partial charge < -0.3 is 5.32 Å². The van der Waals surface area contributed by atoms with Crippen LogP contribution in [0.1, 0.15) is 55.4 Å². The van der Waals surface area contributed by atoms with Crippen LogP contribution in [0, 0.1) is 20.8 Å². The van der Waals surface area contributed by atoms with Crippen molar-refractivity contribution in [3.63, 3.8) is 0 Å². The van der Waals surface area contributed by atoms with Crippen LogP contribution in [0.25, 0.3) is 0 Å². The van der Waals surface area contributed by atoms with E-state index in [4.69, 9.17) is 0 Å². The van der Waals surface area contributed by atoms with E-state index < -0.39 is 0 Å². The van der Waals surface area contributed by atoms with Gasteiger partial charge in [-0.15, -0.1) is 0 Å². The molecule has 18 heavy (non-hydrogen) atoms. The molecule has 0 aliphatic carbocycles. The Labute approximate surface area is 113 Å². The number of rotatable bonds is 7. The maximum atomic E-state index is 3.64. The first-order chi connectivity index (χ1) is 8.58. The van der Waals surface area contributed by atoms with Crippen LogP contribution in [0.3, 0.4) is 0 Å². The third-order valence-corrected chi connectivity index (χ3v) is 3.76. The molecule has 0 heterocycles. The predicted octanol–water partition coefficient (Wildman–Crippen LogP) is 4.32. The van der Waals surface area contributed by atoms with Crippen LogP contribution in [-0.4, -0.2) is 12.6 Å². The lowest BCUT2D eigenvalue weighted by Crippen LogP contribution is -2.29. The Bertz CT molecular complexity index is 345. The van der Waals surface area contributed by atoms with Crippen molar-refractivity contribution < 1.29 is 0 Å². The van der Waals surface area contributed by atoms with Crippen molar-refractivity contribution in [2.24, 2.45) is 0 Å². The highest BCUT2D eigenvalue weighted by molar-refractivity contribution is 5.37. The first-order valence-electron chi connectivity index (χ1n) is 7.38. The average molecular weight is 247 g/mol. The predicted molar refractivity (Wildman–Crippen MR) is 81.3 cm³/mol. The van der Waals surface area contributed by atoms with Gasteiger partial charge in [0.15, 0.2) is 0 Å². The van der Waals surface area contributed by atoms with Crippen molar-refractivity contribution in [1.82, 2.24) is 5.32 Å². The van der Waals surface area contributed by atoms with Gasteiger partial charge in [-0.3, -0.25) is 0 Å². The van der Waals surface area contributed by atoms with Crippen LogP contribution in [0.15, 0.2) is 12.1 Å². The fourth-order valence-electron chi connectivity index (χ4n) is 2.72. The fourth-order valence-corrected chi connectivity index (χ4v) is 2.72. The Morgan fingerprint density at radius 2 is 1.67 bits per heavy atom. The minimum absolute atomic E-state index is 0.671. The van der Waals surface area contributed by atoms with Crippen LogP contribution >= 0.6 is 0 Å². The van der Waals surface area contributed by atoms with E-state index in [0.29, 0.717) is 6.04 Å². The second-order valence-electron chi connectivity index (χ2n) is 5.48. The maximum Gasteiger partial charge on any atom is 0.00676 e. The zero-order chi connectivity index (χ0) is 13.5. The quantitative estimate of drug-likeness (QED) is 0.756. The van der Waals surface area contributed by atoms with E-state index in [0.717, 1.165) is 6.54 Å². The maximum absolute atomic E-state index is 3.64. The topological polar surface area (TPSA) is 12.0 Å². The molecule has 1 nitrogen and oxygen atoms in total. The highest BCUT2D eigenvalue weighted by Gasteiger charge is 2.08. The van der Waals surface area contributed by atoms with Gasteiger partial charge in [-0.25, -0.2) is 0 Å². The van der Waals surface area contributed by atoms with Gasteiger partial charge in [0.05, 0.1) is 0 Å². The van der Waals surface area contributed by atoms with Gasteiger partial charge in [0.25, 0.3) is 0 Å². The summed E-state index contributed by atoms with van der Waals surface area (Å²) < 4.78 is 0. The first kappa shape index (κ1) is 15.2. The molecule has 102 valence electrons. The minimum atomic E-state index is 0.671. The Hall–Kier alpha value is -0.820. The van der Waals surface area contributed by atoms with E-state index in [9.17, 15) is 0 Å². The number of benzene rings is 1. The summed E-state index contributed by atoms with van der Waals surface area (Å²) in [5.41, 5.74) is 5.85. The minimum Gasteiger partial charge on any atom is -0.314 e. The van der Waals surface area contributed by atoms with Crippen molar-refractivity contribution >= 4 is 0 Å². The van der Waals surface area contributed by atoms with E-state index in [-0.39, 0.29) is 0 Å². The second-order valence-corrected chi connectivity index (χ2v) is 5.48. The lowest BCUT2D eigenvalue weighted by Gasteiger charge is -2.18. The number of hydrogen-bond acceptors (Lipinski definition) is 1. The number of aryl methyl sites for hydroxylation is 3. The number of nitrogens with one attached hydrogen (secondary N) is 1. The molecule has 0 aliphatic heterocycles. The summed E-state index contributed by atoms with van der Waals surface area (Å²) in [6.45, 7) is 12.3. The summed E-state index contributed by atoms with van der Waals surface area (Å²) in [5.74, 6) is 0. The largest absolute Gasteiger partial charge is 0.314 e. The van der Waals surface area contributed by atoms with Crippen LogP contribution in [0.4, 0.5) is 0 Å². The van der Waals surface area contributed by atoms with Crippen molar-refractivity contribution in [1.29, 1.82) is 0 Å². The zero-order valence-corrected chi connectivity index (χ0v) is 12.8. The zero-order valence-electron chi connectivity index (χ0n) is 12.8. The third-order valence-electron chi connectivity index (χ3n) is 3.76. The molecule has 0 aromatic heterocycles. The Kier molecular flexibility index (Phi) is 6.42. The van der Waals surface area contributed by atoms with E-state index in [1.54, 1.807) is 5.56 Å². The molecule has 1 heteroatoms. The van der Waals surface area contributed by atoms with Crippen LogP contribution in [-0.2, 0) is 6.42 Å². The van der Waals surface area contributed by atoms with E-state index in [2.05, 4.69) is 52.1 Å². The average Bonchev–Trinajstić information content (AvgIpc) is 2.31. The molecule has 0 saturated heterocycles. The standard InChI is InChI=1S/C17H29N/c1-6-10-18-16(7-2)8-9-17-14(4)11-13(3)12-15(17)5/h11-12,16,18H,6-10H2,1-5H3. The number of hydrogen-bond donors (Lipinski definition) is 1. The molecule has 1 unspecified atom stereocenters. The van der Waals surface area contributed by atoms with E-state index in [1.807, 2.05) is 0 Å². The highest BCUT2D eigenvalue weighted by atomic mass is 14.9. The van der Waals surface area contributed by atoms with Crippen molar-refractivity contribution in [2.75, 3.05) is 6.54 Å². The van der Waals surface area contributed by atoms with Crippen molar-refractivity contribution in [2.45, 2.75) is 66.3 Å². The monoisotopic (exact) mass is 247 g/mol. The van der Waals surface area contributed by atoms with Gasteiger partial charge in [0, 0.05) is 6.04 Å². The van der Waals surface area contributed by atoms with Crippen LogP contribution < -0.4 is 5.32 Å². The van der Waals surface area contributed by atoms with Gasteiger partial charge in [-0.05, 0) is 69.7 Å². The molecule has 0 fully saturated rings. The SMILES string of the molecule is CCCNC(CC)CCc1c(C)cc(C)cc1C. The summed E-state index contributed by atoms with van der Waals surface area (Å²) in [5, 5.41) is 3.64. The molecule has 0 saturated carbocycles. The smallest absolute Gasteiger partial charge is 0.00676 e. The Morgan fingerprint density at radius 1 is 1.06 bits per heavy atom. The summed E-state index contributed by atoms with van der Waals surface area (Å²) in [6.07, 6.45) is 4.90. The fraction of sp³-hybridized carbons (Fsp3) is 0.647. The molecule has 1 aromatic rings. The van der Waals surface area contributed by atoms with Gasteiger partial charge in [0.1, 0.15) is 0 Å². The molecule has 1 rings (SSSR count). The lowest BCUT2D eigenvalue weighted by molar-refractivity contribution is 0.467. The molecule has 0 bridgehead atoms. The first-order valence-corrected chi connectivity index (χ1v) is 7.38. The summed E-state index contributed by atoms with van der Waals surface area (Å²) in [4.78, 5) is 0. The summed E-state index contributed by atoms with van der Waals surface area (Å²) >= 11 is 0. The van der Waals surface area contributed by atoms with Gasteiger partial charge in [-0.2, -0.15) is 0 Å². The van der Waals surface area contributed by atoms with Gasteiger partial charge >= 0.3 is 0 Å². The molecule has 0 amide bonds. The van der Waals surface area contributed by atoms with Crippen molar-refractivity contribution in [3.8, 4) is 0 Å². The normalized spacial score (nSPS) is 12.7. The molecule has 0 spiro atoms.